The summed E-state index contributed by atoms with van der Waals surface area (Å²) in [6, 6.07) is 8.98. The van der Waals surface area contributed by atoms with Crippen LogP contribution in [0.4, 0.5) is 11.4 Å². The highest BCUT2D eigenvalue weighted by Crippen LogP contribution is 2.36. The van der Waals surface area contributed by atoms with E-state index in [0.29, 0.717) is 32.7 Å². The van der Waals surface area contributed by atoms with Gasteiger partial charge in [-0.15, -0.1) is 0 Å². The Morgan fingerprint density at radius 1 is 1.27 bits per heavy atom. The van der Waals surface area contributed by atoms with Crippen LogP contribution in [0.2, 0.25) is 10.0 Å². The molecule has 0 saturated heterocycles. The molecule has 0 bridgehead atoms. The third-order valence-electron chi connectivity index (χ3n) is 3.29. The summed E-state index contributed by atoms with van der Waals surface area (Å²) in [6.45, 7) is 2.90. The number of para-hydroxylation sites is 1. The van der Waals surface area contributed by atoms with Crippen molar-refractivity contribution in [1.82, 2.24) is 4.98 Å². The van der Waals surface area contributed by atoms with E-state index < -0.39 is 0 Å². The van der Waals surface area contributed by atoms with Gasteiger partial charge in [-0.2, -0.15) is 0 Å². The van der Waals surface area contributed by atoms with Crippen molar-refractivity contribution in [3.05, 3.63) is 40.4 Å². The molecule has 0 aliphatic heterocycles. The lowest BCUT2D eigenvalue weighted by atomic mass is 10.1. The predicted molar refractivity (Wildman–Crippen MR) is 92.7 cm³/mol. The zero-order valence-electron chi connectivity index (χ0n) is 12.0. The number of oxazole rings is 1. The van der Waals surface area contributed by atoms with Gasteiger partial charge in [0.2, 0.25) is 5.89 Å². The summed E-state index contributed by atoms with van der Waals surface area (Å²) in [7, 11) is 0. The quantitative estimate of drug-likeness (QED) is 0.642. The SMILES string of the molecule is CCCNc1c(N)cccc1-c1nc2cc(Cl)cc(Cl)c2o1. The molecular weight excluding hydrogens is 321 g/mol. The molecule has 0 spiro atoms. The van der Waals surface area contributed by atoms with Crippen LogP contribution in [-0.2, 0) is 0 Å². The van der Waals surface area contributed by atoms with Crippen molar-refractivity contribution in [2.24, 2.45) is 0 Å². The first kappa shape index (κ1) is 15.0. The summed E-state index contributed by atoms with van der Waals surface area (Å²) in [5, 5.41) is 4.28. The monoisotopic (exact) mass is 335 g/mol. The van der Waals surface area contributed by atoms with E-state index in [4.69, 9.17) is 33.4 Å². The number of nitrogen functional groups attached to an aromatic ring is 1. The molecule has 1 aromatic heterocycles. The van der Waals surface area contributed by atoms with Crippen molar-refractivity contribution in [2.45, 2.75) is 13.3 Å². The van der Waals surface area contributed by atoms with Crippen LogP contribution in [-0.4, -0.2) is 11.5 Å². The van der Waals surface area contributed by atoms with Crippen LogP contribution >= 0.6 is 23.2 Å². The summed E-state index contributed by atoms with van der Waals surface area (Å²) in [5.74, 6) is 0.463. The second-order valence-electron chi connectivity index (χ2n) is 4.95. The third kappa shape index (κ3) is 2.72. The van der Waals surface area contributed by atoms with Crippen LogP contribution in [0.1, 0.15) is 13.3 Å². The lowest BCUT2D eigenvalue weighted by Crippen LogP contribution is -2.04. The predicted octanol–water partition coefficient (Wildman–Crippen LogP) is 5.21. The van der Waals surface area contributed by atoms with Crippen molar-refractivity contribution >= 4 is 45.7 Å². The number of aromatic nitrogens is 1. The number of nitrogens with one attached hydrogen (secondary N) is 1. The van der Waals surface area contributed by atoms with Gasteiger partial charge in [-0.3, -0.25) is 0 Å². The fourth-order valence-electron chi connectivity index (χ4n) is 2.27. The normalized spacial score (nSPS) is 11.0. The molecule has 0 aliphatic carbocycles. The van der Waals surface area contributed by atoms with E-state index in [2.05, 4.69) is 17.2 Å². The Balaban J connectivity index is 2.15. The molecule has 0 radical (unpaired) electrons. The standard InChI is InChI=1S/C16H15Cl2N3O/c1-2-6-20-14-10(4-3-5-12(14)19)16-21-13-8-9(17)7-11(18)15(13)22-16/h3-5,7-8,20H,2,6,19H2,1H3. The maximum Gasteiger partial charge on any atom is 0.229 e. The van der Waals surface area contributed by atoms with Crippen LogP contribution in [0, 0.1) is 0 Å². The molecule has 2 aromatic carbocycles. The van der Waals surface area contributed by atoms with Crippen LogP contribution < -0.4 is 11.1 Å². The lowest BCUT2D eigenvalue weighted by Gasteiger charge is -2.11. The van der Waals surface area contributed by atoms with E-state index in [0.717, 1.165) is 24.2 Å². The first-order chi connectivity index (χ1) is 10.6. The number of rotatable bonds is 4. The van der Waals surface area contributed by atoms with Gasteiger partial charge in [0.05, 0.1) is 22.0 Å². The van der Waals surface area contributed by atoms with Crippen LogP contribution in [0.3, 0.4) is 0 Å². The van der Waals surface area contributed by atoms with Gasteiger partial charge in [0, 0.05) is 11.6 Å². The van der Waals surface area contributed by atoms with Crippen LogP contribution in [0.15, 0.2) is 34.7 Å². The molecule has 3 aromatic rings. The van der Waals surface area contributed by atoms with Crippen molar-refractivity contribution in [3.8, 4) is 11.5 Å². The first-order valence-electron chi connectivity index (χ1n) is 6.98. The first-order valence-corrected chi connectivity index (χ1v) is 7.74. The molecule has 3 rings (SSSR count). The molecule has 1 heterocycles. The Morgan fingerprint density at radius 3 is 2.86 bits per heavy atom. The summed E-state index contributed by atoms with van der Waals surface area (Å²) < 4.78 is 5.82. The molecule has 0 amide bonds. The minimum Gasteiger partial charge on any atom is -0.434 e. The highest BCUT2D eigenvalue weighted by molar-refractivity contribution is 6.38. The molecule has 3 N–H and O–H groups in total. The van der Waals surface area contributed by atoms with Gasteiger partial charge in [-0.25, -0.2) is 4.98 Å². The summed E-state index contributed by atoms with van der Waals surface area (Å²) >= 11 is 12.2. The van der Waals surface area contributed by atoms with Gasteiger partial charge in [0.15, 0.2) is 5.58 Å². The zero-order valence-corrected chi connectivity index (χ0v) is 13.5. The Morgan fingerprint density at radius 2 is 2.09 bits per heavy atom. The summed E-state index contributed by atoms with van der Waals surface area (Å²) in [6.07, 6.45) is 0.989. The van der Waals surface area contributed by atoms with Crippen LogP contribution in [0.5, 0.6) is 0 Å². The van der Waals surface area contributed by atoms with Crippen molar-refractivity contribution in [3.63, 3.8) is 0 Å². The number of hydrogen-bond acceptors (Lipinski definition) is 4. The Hall–Kier alpha value is -1.91. The lowest BCUT2D eigenvalue weighted by molar-refractivity contribution is 0.620. The molecule has 0 unspecified atom stereocenters. The van der Waals surface area contributed by atoms with Crippen molar-refractivity contribution < 1.29 is 4.42 Å². The Kier molecular flexibility index (Phi) is 4.14. The second-order valence-corrected chi connectivity index (χ2v) is 5.80. The minimum absolute atomic E-state index is 0.438. The third-order valence-corrected chi connectivity index (χ3v) is 3.79. The fraction of sp³-hybridized carbons (Fsp3) is 0.188. The summed E-state index contributed by atoms with van der Waals surface area (Å²) in [4.78, 5) is 4.48. The van der Waals surface area contributed by atoms with Gasteiger partial charge in [-0.05, 0) is 30.7 Å². The molecule has 0 saturated carbocycles. The molecule has 0 fully saturated rings. The Labute approximate surface area is 138 Å². The average Bonchev–Trinajstić information content (AvgIpc) is 2.90. The van der Waals surface area contributed by atoms with Gasteiger partial charge in [-0.1, -0.05) is 36.2 Å². The number of hydrogen-bond donors (Lipinski definition) is 2. The van der Waals surface area contributed by atoms with E-state index >= 15 is 0 Å². The average molecular weight is 336 g/mol. The topological polar surface area (TPSA) is 64.1 Å². The highest BCUT2D eigenvalue weighted by Gasteiger charge is 2.16. The van der Waals surface area contributed by atoms with Crippen LogP contribution in [0.25, 0.3) is 22.6 Å². The number of anilines is 2. The molecule has 22 heavy (non-hydrogen) atoms. The van der Waals surface area contributed by atoms with E-state index in [1.807, 2.05) is 18.2 Å². The van der Waals surface area contributed by atoms with Crippen molar-refractivity contribution in [1.29, 1.82) is 0 Å². The van der Waals surface area contributed by atoms with Gasteiger partial charge in [0.1, 0.15) is 5.52 Å². The second kappa shape index (κ2) is 6.07. The van der Waals surface area contributed by atoms with E-state index in [1.54, 1.807) is 12.1 Å². The number of benzene rings is 2. The minimum atomic E-state index is 0.438. The maximum absolute atomic E-state index is 6.16. The van der Waals surface area contributed by atoms with E-state index in [9.17, 15) is 0 Å². The number of halogens is 2. The number of nitrogens with two attached hydrogens (primary N) is 1. The number of fused-ring (bicyclic) bond motifs is 1. The van der Waals surface area contributed by atoms with Gasteiger partial charge in [0.25, 0.3) is 0 Å². The van der Waals surface area contributed by atoms with Gasteiger partial charge < -0.3 is 15.5 Å². The zero-order chi connectivity index (χ0) is 15.7. The molecule has 0 aliphatic rings. The Bertz CT molecular complexity index is 830. The maximum atomic E-state index is 6.16. The van der Waals surface area contributed by atoms with E-state index in [-0.39, 0.29) is 0 Å². The molecular formula is C16H15Cl2N3O. The fourth-order valence-corrected chi connectivity index (χ4v) is 2.79. The number of nitrogens with zero attached hydrogens (tertiary/aromatic N) is 1. The molecule has 4 nitrogen and oxygen atoms in total. The van der Waals surface area contributed by atoms with Gasteiger partial charge >= 0.3 is 0 Å². The van der Waals surface area contributed by atoms with E-state index in [1.165, 1.54) is 0 Å². The smallest absolute Gasteiger partial charge is 0.229 e. The molecule has 114 valence electrons. The highest BCUT2D eigenvalue weighted by atomic mass is 35.5. The summed E-state index contributed by atoms with van der Waals surface area (Å²) in [5.41, 5.74) is 9.48. The largest absolute Gasteiger partial charge is 0.434 e. The van der Waals surface area contributed by atoms with Crippen molar-refractivity contribution in [2.75, 3.05) is 17.6 Å². The molecule has 0 atom stereocenters. The molecule has 6 heteroatoms.